The predicted octanol–water partition coefficient (Wildman–Crippen LogP) is 5.73. The summed E-state index contributed by atoms with van der Waals surface area (Å²) in [6, 6.07) is 15.5. The maximum atomic E-state index is 13.7. The minimum atomic E-state index is -4.51. The second-order valence-corrected chi connectivity index (χ2v) is 9.01. The quantitative estimate of drug-likeness (QED) is 0.242. The molecule has 1 saturated heterocycles. The SMILES string of the molecule is CC.O=C(CNc1ccc(-c2cnc3[nH]ccc3c2)cc1)Nc1ccc(CN2CCNCC2)c(C(F)(F)F)c1. The van der Waals surface area contributed by atoms with Crippen molar-refractivity contribution >= 4 is 28.3 Å². The van der Waals surface area contributed by atoms with Gasteiger partial charge in [0.25, 0.3) is 0 Å². The Morgan fingerprint density at radius 1 is 0.974 bits per heavy atom. The van der Waals surface area contributed by atoms with Gasteiger partial charge in [0.05, 0.1) is 12.1 Å². The molecule has 1 aliphatic rings. The Kier molecular flexibility index (Phi) is 9.21. The molecule has 1 aliphatic heterocycles. The van der Waals surface area contributed by atoms with Gasteiger partial charge in [-0.2, -0.15) is 13.2 Å². The number of piperazine rings is 1. The fraction of sp³-hybridized carbons (Fsp3) is 0.310. The van der Waals surface area contributed by atoms with Gasteiger partial charge in [0.1, 0.15) is 5.65 Å². The summed E-state index contributed by atoms with van der Waals surface area (Å²) in [6.45, 7) is 7.04. The number of nitrogens with zero attached hydrogens (tertiary/aromatic N) is 2. The van der Waals surface area contributed by atoms with Crippen LogP contribution < -0.4 is 16.0 Å². The molecule has 1 amide bonds. The zero-order chi connectivity index (χ0) is 27.8. The van der Waals surface area contributed by atoms with E-state index in [4.69, 9.17) is 0 Å². The van der Waals surface area contributed by atoms with Crippen molar-refractivity contribution in [3.05, 3.63) is 78.1 Å². The summed E-state index contributed by atoms with van der Waals surface area (Å²) in [5, 5.41) is 9.79. The van der Waals surface area contributed by atoms with Crippen LogP contribution >= 0.6 is 0 Å². The van der Waals surface area contributed by atoms with Crippen molar-refractivity contribution < 1.29 is 18.0 Å². The minimum absolute atomic E-state index is 0.0832. The summed E-state index contributed by atoms with van der Waals surface area (Å²) in [6.07, 6.45) is -0.879. The molecule has 0 unspecified atom stereocenters. The van der Waals surface area contributed by atoms with Crippen LogP contribution in [0.25, 0.3) is 22.2 Å². The van der Waals surface area contributed by atoms with E-state index in [-0.39, 0.29) is 24.3 Å². The molecule has 2 aromatic carbocycles. The maximum Gasteiger partial charge on any atom is 0.416 e. The highest BCUT2D eigenvalue weighted by atomic mass is 19.4. The van der Waals surface area contributed by atoms with E-state index in [1.807, 2.05) is 61.3 Å². The molecule has 7 nitrogen and oxygen atoms in total. The molecule has 2 aromatic heterocycles. The van der Waals surface area contributed by atoms with Gasteiger partial charge in [-0.05, 0) is 47.5 Å². The third-order valence-corrected chi connectivity index (χ3v) is 6.37. The fourth-order valence-electron chi connectivity index (χ4n) is 4.43. The molecule has 0 bridgehead atoms. The maximum absolute atomic E-state index is 13.7. The second-order valence-electron chi connectivity index (χ2n) is 9.01. The number of fused-ring (bicyclic) bond motifs is 1. The van der Waals surface area contributed by atoms with Gasteiger partial charge in [-0.1, -0.05) is 32.0 Å². The van der Waals surface area contributed by atoms with E-state index in [0.29, 0.717) is 13.1 Å². The predicted molar refractivity (Wildman–Crippen MR) is 150 cm³/mol. The van der Waals surface area contributed by atoms with Crippen LogP contribution in [0.5, 0.6) is 0 Å². The molecular weight excluding hydrogens is 505 g/mol. The Morgan fingerprint density at radius 2 is 1.69 bits per heavy atom. The molecule has 4 N–H and O–H groups in total. The number of amides is 1. The standard InChI is InChI=1S/C27H27F3N6O.C2H6/c28-27(29,30)24-14-23(6-3-20(24)17-36-11-9-31-10-12-36)35-25(37)16-33-22-4-1-18(2-5-22)21-13-19-7-8-32-26(19)34-15-21;1-2/h1-8,13-15,31,33H,9-12,16-17H2,(H,32,34)(H,35,37);1-2H3. The highest BCUT2D eigenvalue weighted by molar-refractivity contribution is 5.94. The number of rotatable bonds is 7. The number of alkyl halides is 3. The largest absolute Gasteiger partial charge is 0.416 e. The van der Waals surface area contributed by atoms with Crippen LogP contribution in [0, 0.1) is 0 Å². The first-order valence-corrected chi connectivity index (χ1v) is 13.1. The Bertz CT molecular complexity index is 1380. The Labute approximate surface area is 225 Å². The van der Waals surface area contributed by atoms with Crippen molar-refractivity contribution in [3.63, 3.8) is 0 Å². The molecule has 206 valence electrons. The topological polar surface area (TPSA) is 85.1 Å². The van der Waals surface area contributed by atoms with Crippen molar-refractivity contribution in [3.8, 4) is 11.1 Å². The molecule has 0 spiro atoms. The van der Waals surface area contributed by atoms with Gasteiger partial charge in [-0.3, -0.25) is 9.69 Å². The zero-order valence-corrected chi connectivity index (χ0v) is 22.0. The van der Waals surface area contributed by atoms with Crippen LogP contribution in [0.4, 0.5) is 24.5 Å². The van der Waals surface area contributed by atoms with E-state index in [2.05, 4.69) is 25.9 Å². The molecule has 3 heterocycles. The second kappa shape index (κ2) is 12.8. The average molecular weight is 539 g/mol. The van der Waals surface area contributed by atoms with Crippen LogP contribution in [0.1, 0.15) is 25.0 Å². The summed E-state index contributed by atoms with van der Waals surface area (Å²) in [4.78, 5) is 21.9. The lowest BCUT2D eigenvalue weighted by atomic mass is 10.0. The number of hydrogen-bond donors (Lipinski definition) is 4. The number of H-pyrrole nitrogens is 1. The van der Waals surface area contributed by atoms with Crippen LogP contribution in [0.2, 0.25) is 0 Å². The molecule has 39 heavy (non-hydrogen) atoms. The van der Waals surface area contributed by atoms with Gasteiger partial charge in [-0.15, -0.1) is 0 Å². The van der Waals surface area contributed by atoms with E-state index >= 15 is 0 Å². The molecule has 0 saturated carbocycles. The Morgan fingerprint density at radius 3 is 2.41 bits per heavy atom. The van der Waals surface area contributed by atoms with E-state index in [1.54, 1.807) is 6.20 Å². The fourth-order valence-corrected chi connectivity index (χ4v) is 4.43. The monoisotopic (exact) mass is 538 g/mol. The number of aromatic nitrogens is 2. The highest BCUT2D eigenvalue weighted by Gasteiger charge is 2.34. The van der Waals surface area contributed by atoms with Crippen molar-refractivity contribution in [1.82, 2.24) is 20.2 Å². The van der Waals surface area contributed by atoms with Crippen molar-refractivity contribution in [2.24, 2.45) is 0 Å². The molecule has 0 radical (unpaired) electrons. The van der Waals surface area contributed by atoms with Gasteiger partial charge in [0.15, 0.2) is 0 Å². The van der Waals surface area contributed by atoms with Gasteiger partial charge in [0, 0.05) is 67.4 Å². The molecule has 0 atom stereocenters. The molecule has 4 aromatic rings. The number of benzene rings is 2. The number of carbonyl (C=O) groups excluding carboxylic acids is 1. The van der Waals surface area contributed by atoms with Gasteiger partial charge in [-0.25, -0.2) is 4.98 Å². The average Bonchev–Trinajstić information content (AvgIpc) is 3.42. The molecule has 10 heteroatoms. The Balaban J connectivity index is 0.00000172. The summed E-state index contributed by atoms with van der Waals surface area (Å²) in [5.74, 6) is -0.436. The Hall–Kier alpha value is -3.89. The first-order valence-electron chi connectivity index (χ1n) is 13.1. The van der Waals surface area contributed by atoms with Crippen LogP contribution in [0.3, 0.4) is 0 Å². The van der Waals surface area contributed by atoms with E-state index in [0.717, 1.165) is 47.0 Å². The number of carbonyl (C=O) groups is 1. The molecule has 1 fully saturated rings. The summed E-state index contributed by atoms with van der Waals surface area (Å²) in [5.41, 5.74) is 3.09. The number of aromatic amines is 1. The third-order valence-electron chi connectivity index (χ3n) is 6.37. The lowest BCUT2D eigenvalue weighted by molar-refractivity contribution is -0.138. The number of anilines is 2. The van der Waals surface area contributed by atoms with Gasteiger partial charge >= 0.3 is 6.18 Å². The third kappa shape index (κ3) is 7.36. The first kappa shape index (κ1) is 28.1. The van der Waals surface area contributed by atoms with Crippen LogP contribution in [0.15, 0.2) is 67.0 Å². The number of halogens is 3. The lowest BCUT2D eigenvalue weighted by Gasteiger charge is -2.28. The lowest BCUT2D eigenvalue weighted by Crippen LogP contribution is -2.43. The van der Waals surface area contributed by atoms with E-state index < -0.39 is 17.6 Å². The van der Waals surface area contributed by atoms with E-state index in [1.165, 1.54) is 12.1 Å². The van der Waals surface area contributed by atoms with E-state index in [9.17, 15) is 18.0 Å². The van der Waals surface area contributed by atoms with Crippen molar-refractivity contribution in [1.29, 1.82) is 0 Å². The van der Waals surface area contributed by atoms with Gasteiger partial charge in [0.2, 0.25) is 5.91 Å². The highest BCUT2D eigenvalue weighted by Crippen LogP contribution is 2.34. The summed E-state index contributed by atoms with van der Waals surface area (Å²) in [7, 11) is 0. The van der Waals surface area contributed by atoms with Crippen molar-refractivity contribution in [2.75, 3.05) is 43.4 Å². The molecular formula is C29H33F3N6O. The molecule has 5 rings (SSSR count). The summed E-state index contributed by atoms with van der Waals surface area (Å²) < 4.78 is 41.2. The molecule has 0 aliphatic carbocycles. The van der Waals surface area contributed by atoms with Crippen LogP contribution in [-0.2, 0) is 17.5 Å². The van der Waals surface area contributed by atoms with Crippen LogP contribution in [-0.4, -0.2) is 53.5 Å². The zero-order valence-electron chi connectivity index (χ0n) is 22.0. The van der Waals surface area contributed by atoms with Crippen molar-refractivity contribution in [2.45, 2.75) is 26.6 Å². The van der Waals surface area contributed by atoms with Gasteiger partial charge < -0.3 is 20.9 Å². The number of nitrogens with one attached hydrogen (secondary N) is 4. The normalized spacial score (nSPS) is 14.0. The first-order chi connectivity index (χ1) is 18.8. The number of hydrogen-bond acceptors (Lipinski definition) is 5. The smallest absolute Gasteiger partial charge is 0.376 e. The summed E-state index contributed by atoms with van der Waals surface area (Å²) >= 11 is 0. The number of pyridine rings is 1. The minimum Gasteiger partial charge on any atom is -0.376 e.